The normalized spacial score (nSPS) is 21.5. The van der Waals surface area contributed by atoms with Crippen molar-refractivity contribution in [3.8, 4) is 0 Å². The van der Waals surface area contributed by atoms with E-state index in [1.54, 1.807) is 12.3 Å². The maximum Gasteiger partial charge on any atom is 0.0965 e. The van der Waals surface area contributed by atoms with Crippen LogP contribution >= 0.6 is 0 Å². The van der Waals surface area contributed by atoms with Gasteiger partial charge in [-0.1, -0.05) is 0 Å². The molecule has 10 heavy (non-hydrogen) atoms. The third-order valence-corrected chi connectivity index (χ3v) is 1.25. The fourth-order valence-electron chi connectivity index (χ4n) is 0.592. The summed E-state index contributed by atoms with van der Waals surface area (Å²) in [6, 6.07) is 0.371. The average molecular weight is 140 g/mol. The number of hydrogen-bond acceptors (Lipinski definition) is 3. The zero-order valence-corrected chi connectivity index (χ0v) is 6.08. The van der Waals surface area contributed by atoms with E-state index < -0.39 is 0 Å². The number of nitrogens with zero attached hydrogens (tertiary/aromatic N) is 1. The molecule has 1 aliphatic heterocycles. The van der Waals surface area contributed by atoms with Crippen LogP contribution in [0.25, 0.3) is 0 Å². The van der Waals surface area contributed by atoms with Crippen LogP contribution in [0.15, 0.2) is 16.8 Å². The minimum Gasteiger partial charge on any atom is -0.402 e. The Bertz CT molecular complexity index is 155. The maximum absolute atomic E-state index is 5.38. The molecule has 1 aliphatic rings. The monoisotopic (exact) mass is 140 g/mol. The Morgan fingerprint density at radius 2 is 2.40 bits per heavy atom. The van der Waals surface area contributed by atoms with Crippen LogP contribution in [-0.4, -0.2) is 25.5 Å². The van der Waals surface area contributed by atoms with Gasteiger partial charge in [0.15, 0.2) is 0 Å². The highest BCUT2D eigenvalue weighted by atomic mass is 16.5. The van der Waals surface area contributed by atoms with Crippen LogP contribution < -0.4 is 5.73 Å². The summed E-state index contributed by atoms with van der Waals surface area (Å²) >= 11 is 0. The van der Waals surface area contributed by atoms with Gasteiger partial charge < -0.3 is 10.5 Å². The lowest BCUT2D eigenvalue weighted by atomic mass is 10.3. The largest absolute Gasteiger partial charge is 0.402 e. The molecule has 0 aliphatic carbocycles. The summed E-state index contributed by atoms with van der Waals surface area (Å²) in [4.78, 5) is 4.16. The minimum atomic E-state index is 0.371. The highest BCUT2D eigenvalue weighted by Gasteiger charge is 2.14. The number of nitrogens with two attached hydrogens (primary N) is 1. The molecule has 0 spiro atoms. The lowest BCUT2D eigenvalue weighted by Crippen LogP contribution is -2.31. The van der Waals surface area contributed by atoms with E-state index in [-0.39, 0.29) is 0 Å². The first-order valence-electron chi connectivity index (χ1n) is 3.32. The molecule has 0 aromatic heterocycles. The Morgan fingerprint density at radius 3 is 2.80 bits per heavy atom. The smallest absolute Gasteiger partial charge is 0.0965 e. The van der Waals surface area contributed by atoms with Crippen molar-refractivity contribution in [2.75, 3.05) is 13.2 Å². The predicted octanol–water partition coefficient (Wildman–Crippen LogP) is 0.319. The summed E-state index contributed by atoms with van der Waals surface area (Å²) in [5, 5.41) is 0. The van der Waals surface area contributed by atoms with Crippen molar-refractivity contribution in [3.63, 3.8) is 0 Å². The van der Waals surface area contributed by atoms with Crippen molar-refractivity contribution >= 4 is 6.21 Å². The Balaban J connectivity index is 2.22. The second-order valence-electron chi connectivity index (χ2n) is 2.40. The van der Waals surface area contributed by atoms with E-state index in [0.29, 0.717) is 6.04 Å². The van der Waals surface area contributed by atoms with Gasteiger partial charge in [0.25, 0.3) is 0 Å². The Labute approximate surface area is 60.6 Å². The van der Waals surface area contributed by atoms with Crippen molar-refractivity contribution < 1.29 is 4.74 Å². The first-order valence-corrected chi connectivity index (χ1v) is 3.32. The molecule has 1 rings (SSSR count). The lowest BCUT2D eigenvalue weighted by molar-refractivity contribution is 0.0135. The number of rotatable bonds is 2. The molecule has 3 heteroatoms. The van der Waals surface area contributed by atoms with Crippen molar-refractivity contribution in [1.29, 1.82) is 0 Å². The average Bonchev–Trinajstić information content (AvgIpc) is 1.75. The molecular formula is C7H12N2O. The van der Waals surface area contributed by atoms with Gasteiger partial charge in [-0.25, -0.2) is 0 Å². The second kappa shape index (κ2) is 3.37. The van der Waals surface area contributed by atoms with E-state index in [4.69, 9.17) is 10.5 Å². The first-order chi connectivity index (χ1) is 4.79. The summed E-state index contributed by atoms with van der Waals surface area (Å²) < 4.78 is 4.93. The fourth-order valence-corrected chi connectivity index (χ4v) is 0.592. The number of hydrogen-bond donors (Lipinski definition) is 1. The summed E-state index contributed by atoms with van der Waals surface area (Å²) in [5.74, 6) is 0. The molecule has 0 atom stereocenters. The molecule has 0 saturated carbocycles. The van der Waals surface area contributed by atoms with Gasteiger partial charge in [-0.2, -0.15) is 0 Å². The number of aliphatic imine (C=N–C) groups is 1. The number of allylic oxidation sites excluding steroid dienone is 2. The van der Waals surface area contributed by atoms with Crippen molar-refractivity contribution in [2.45, 2.75) is 13.0 Å². The van der Waals surface area contributed by atoms with Crippen molar-refractivity contribution in [3.05, 3.63) is 11.8 Å². The third-order valence-electron chi connectivity index (χ3n) is 1.25. The molecule has 2 N–H and O–H groups in total. The van der Waals surface area contributed by atoms with Crippen LogP contribution in [0, 0.1) is 0 Å². The predicted molar refractivity (Wildman–Crippen MR) is 41.0 cm³/mol. The van der Waals surface area contributed by atoms with Gasteiger partial charge in [-0.3, -0.25) is 4.99 Å². The summed E-state index contributed by atoms with van der Waals surface area (Å²) in [7, 11) is 0. The van der Waals surface area contributed by atoms with Crippen LogP contribution in [0.5, 0.6) is 0 Å². The van der Waals surface area contributed by atoms with Crippen LogP contribution in [0.2, 0.25) is 0 Å². The van der Waals surface area contributed by atoms with Crippen molar-refractivity contribution in [1.82, 2.24) is 0 Å². The quantitative estimate of drug-likeness (QED) is 0.561. The van der Waals surface area contributed by atoms with Gasteiger partial charge in [-0.15, -0.1) is 0 Å². The van der Waals surface area contributed by atoms with Gasteiger partial charge >= 0.3 is 0 Å². The van der Waals surface area contributed by atoms with Crippen LogP contribution in [0.1, 0.15) is 6.92 Å². The highest BCUT2D eigenvalue weighted by molar-refractivity contribution is 5.72. The van der Waals surface area contributed by atoms with Gasteiger partial charge in [-0.05, 0) is 13.0 Å². The summed E-state index contributed by atoms with van der Waals surface area (Å²) in [6.07, 6.45) is 3.53. The van der Waals surface area contributed by atoms with E-state index in [1.165, 1.54) is 0 Å². The standard InChI is InChI=1S/C7H12N2O/c1-6(8)2-3-9-7-4-10-5-7/h2-3,7H,4-5,8H2,1H3. The molecule has 1 saturated heterocycles. The van der Waals surface area contributed by atoms with E-state index >= 15 is 0 Å². The van der Waals surface area contributed by atoms with Gasteiger partial charge in [0.1, 0.15) is 0 Å². The Morgan fingerprint density at radius 1 is 1.70 bits per heavy atom. The molecule has 0 amide bonds. The maximum atomic E-state index is 5.38. The zero-order valence-electron chi connectivity index (χ0n) is 6.08. The van der Waals surface area contributed by atoms with E-state index in [9.17, 15) is 0 Å². The van der Waals surface area contributed by atoms with Crippen LogP contribution in [0.4, 0.5) is 0 Å². The topological polar surface area (TPSA) is 47.6 Å². The molecule has 1 fully saturated rings. The molecule has 0 unspecified atom stereocenters. The summed E-state index contributed by atoms with van der Waals surface area (Å²) in [5.41, 5.74) is 6.16. The Kier molecular flexibility index (Phi) is 2.45. The van der Waals surface area contributed by atoms with E-state index in [2.05, 4.69) is 4.99 Å². The SMILES string of the molecule is CC(N)=CC=NC1COC1. The third kappa shape index (κ3) is 2.19. The van der Waals surface area contributed by atoms with Gasteiger partial charge in [0.05, 0.1) is 19.3 Å². The molecule has 0 radical (unpaired) electrons. The van der Waals surface area contributed by atoms with E-state index in [1.807, 2.05) is 6.92 Å². The first kappa shape index (κ1) is 7.28. The van der Waals surface area contributed by atoms with Crippen LogP contribution in [-0.2, 0) is 4.74 Å². The highest BCUT2D eigenvalue weighted by Crippen LogP contribution is 2.03. The van der Waals surface area contributed by atoms with Crippen LogP contribution in [0.3, 0.4) is 0 Å². The number of ether oxygens (including phenoxy) is 1. The second-order valence-corrected chi connectivity index (χ2v) is 2.40. The molecule has 56 valence electrons. The fraction of sp³-hybridized carbons (Fsp3) is 0.571. The summed E-state index contributed by atoms with van der Waals surface area (Å²) in [6.45, 7) is 3.35. The van der Waals surface area contributed by atoms with Crippen molar-refractivity contribution in [2.24, 2.45) is 10.7 Å². The molecule has 1 heterocycles. The molecule has 3 nitrogen and oxygen atoms in total. The zero-order chi connectivity index (χ0) is 7.40. The minimum absolute atomic E-state index is 0.371. The van der Waals surface area contributed by atoms with Gasteiger partial charge in [0, 0.05) is 11.9 Å². The van der Waals surface area contributed by atoms with E-state index in [0.717, 1.165) is 18.9 Å². The molecule has 0 bridgehead atoms. The molecular weight excluding hydrogens is 128 g/mol. The van der Waals surface area contributed by atoms with Gasteiger partial charge in [0.2, 0.25) is 0 Å². The molecule has 0 aromatic carbocycles. The molecule has 0 aromatic rings. The Hall–Kier alpha value is -0.830. The lowest BCUT2D eigenvalue weighted by Gasteiger charge is -2.21.